The number of likely N-dealkylation sites (tertiary alicyclic amines) is 1. The topological polar surface area (TPSA) is 49.6 Å². The van der Waals surface area contributed by atoms with Gasteiger partial charge in [-0.3, -0.25) is 4.79 Å². The highest BCUT2D eigenvalue weighted by Crippen LogP contribution is 2.26. The molecule has 4 nitrogen and oxygen atoms in total. The molecule has 0 aromatic carbocycles. The fraction of sp³-hybridized carbons (Fsp3) is 0.929. The van der Waals surface area contributed by atoms with Gasteiger partial charge in [0, 0.05) is 25.2 Å². The van der Waals surface area contributed by atoms with Crippen LogP contribution < -0.4 is 5.73 Å². The van der Waals surface area contributed by atoms with E-state index in [1.807, 2.05) is 0 Å². The standard InChI is InChI=1S/C14H27N3O/c1-16(2)11-7-9-17(10-8-11)14(18)12-5-3-4-6-13(12)15/h11-13H,3-10,15H2,1-2H3. The molecule has 0 aromatic heterocycles. The van der Waals surface area contributed by atoms with Crippen LogP contribution in [0.5, 0.6) is 0 Å². The van der Waals surface area contributed by atoms with E-state index in [0.717, 1.165) is 45.2 Å². The average Bonchev–Trinajstić information content (AvgIpc) is 2.38. The van der Waals surface area contributed by atoms with E-state index in [1.165, 1.54) is 6.42 Å². The van der Waals surface area contributed by atoms with Crippen LogP contribution in [0.25, 0.3) is 0 Å². The van der Waals surface area contributed by atoms with Crippen LogP contribution in [-0.4, -0.2) is 55.0 Å². The van der Waals surface area contributed by atoms with Crippen LogP contribution in [0.15, 0.2) is 0 Å². The smallest absolute Gasteiger partial charge is 0.227 e. The van der Waals surface area contributed by atoms with Gasteiger partial charge in [0.05, 0.1) is 5.92 Å². The van der Waals surface area contributed by atoms with Gasteiger partial charge >= 0.3 is 0 Å². The van der Waals surface area contributed by atoms with Crippen molar-refractivity contribution in [3.05, 3.63) is 0 Å². The third-order valence-electron chi connectivity index (χ3n) is 4.64. The molecule has 2 rings (SSSR count). The van der Waals surface area contributed by atoms with E-state index in [2.05, 4.69) is 23.9 Å². The largest absolute Gasteiger partial charge is 0.342 e. The Morgan fingerprint density at radius 3 is 2.28 bits per heavy atom. The van der Waals surface area contributed by atoms with Gasteiger partial charge < -0.3 is 15.5 Å². The second kappa shape index (κ2) is 6.02. The van der Waals surface area contributed by atoms with E-state index in [4.69, 9.17) is 5.73 Å². The van der Waals surface area contributed by atoms with Gasteiger partial charge in [0.25, 0.3) is 0 Å². The molecule has 0 aromatic rings. The Morgan fingerprint density at radius 1 is 1.11 bits per heavy atom. The zero-order valence-electron chi connectivity index (χ0n) is 11.8. The number of piperidine rings is 1. The molecule has 1 heterocycles. The van der Waals surface area contributed by atoms with Gasteiger partial charge in [-0.15, -0.1) is 0 Å². The Morgan fingerprint density at radius 2 is 1.72 bits per heavy atom. The lowest BCUT2D eigenvalue weighted by Gasteiger charge is -2.38. The van der Waals surface area contributed by atoms with Crippen molar-refractivity contribution in [1.82, 2.24) is 9.80 Å². The van der Waals surface area contributed by atoms with E-state index in [1.54, 1.807) is 0 Å². The second-order valence-corrected chi connectivity index (χ2v) is 6.07. The Balaban J connectivity index is 1.87. The molecule has 2 atom stereocenters. The van der Waals surface area contributed by atoms with E-state index in [9.17, 15) is 4.79 Å². The molecule has 1 saturated heterocycles. The molecule has 18 heavy (non-hydrogen) atoms. The Bertz CT molecular complexity index is 285. The van der Waals surface area contributed by atoms with Crippen LogP contribution in [-0.2, 0) is 4.79 Å². The fourth-order valence-corrected chi connectivity index (χ4v) is 3.30. The van der Waals surface area contributed by atoms with Crippen LogP contribution in [0.2, 0.25) is 0 Å². The van der Waals surface area contributed by atoms with E-state index in [-0.39, 0.29) is 12.0 Å². The lowest BCUT2D eigenvalue weighted by atomic mass is 9.83. The number of carbonyl (C=O) groups is 1. The van der Waals surface area contributed by atoms with Crippen LogP contribution >= 0.6 is 0 Å². The number of nitrogens with two attached hydrogens (primary N) is 1. The average molecular weight is 253 g/mol. The van der Waals surface area contributed by atoms with E-state index < -0.39 is 0 Å². The highest BCUT2D eigenvalue weighted by molar-refractivity contribution is 5.79. The quantitative estimate of drug-likeness (QED) is 0.800. The molecule has 4 heteroatoms. The predicted octanol–water partition coefficient (Wildman–Crippen LogP) is 1.06. The van der Waals surface area contributed by atoms with Crippen molar-refractivity contribution in [2.24, 2.45) is 11.7 Å². The van der Waals surface area contributed by atoms with Gasteiger partial charge in [-0.25, -0.2) is 0 Å². The normalized spacial score (nSPS) is 30.8. The number of carbonyl (C=O) groups excluding carboxylic acids is 1. The Hall–Kier alpha value is -0.610. The van der Waals surface area contributed by atoms with Gasteiger partial charge in [-0.1, -0.05) is 12.8 Å². The van der Waals surface area contributed by atoms with Gasteiger partial charge in [-0.2, -0.15) is 0 Å². The minimum Gasteiger partial charge on any atom is -0.342 e. The Labute approximate surface area is 110 Å². The van der Waals surface area contributed by atoms with Crippen molar-refractivity contribution in [3.8, 4) is 0 Å². The van der Waals surface area contributed by atoms with E-state index >= 15 is 0 Å². The molecule has 104 valence electrons. The summed E-state index contributed by atoms with van der Waals surface area (Å²) in [4.78, 5) is 16.8. The third kappa shape index (κ3) is 3.04. The molecule has 2 unspecified atom stereocenters. The molecular weight excluding hydrogens is 226 g/mol. The number of rotatable bonds is 2. The maximum absolute atomic E-state index is 12.5. The van der Waals surface area contributed by atoms with Gasteiger partial charge in [0.1, 0.15) is 0 Å². The SMILES string of the molecule is CN(C)C1CCN(C(=O)C2CCCCC2N)CC1. The number of nitrogens with zero attached hydrogens (tertiary/aromatic N) is 2. The summed E-state index contributed by atoms with van der Waals surface area (Å²) in [6.45, 7) is 1.82. The van der Waals surface area contributed by atoms with Gasteiger partial charge in [0.2, 0.25) is 5.91 Å². The lowest BCUT2D eigenvalue weighted by molar-refractivity contribution is -0.138. The molecule has 1 aliphatic carbocycles. The minimum atomic E-state index is 0.0923. The molecule has 1 amide bonds. The molecule has 1 aliphatic heterocycles. The zero-order valence-corrected chi connectivity index (χ0v) is 11.8. The molecular formula is C14H27N3O. The Kier molecular flexibility index (Phi) is 4.62. The summed E-state index contributed by atoms with van der Waals surface area (Å²) in [5, 5.41) is 0. The van der Waals surface area contributed by atoms with Crippen molar-refractivity contribution in [2.45, 2.75) is 50.6 Å². The fourth-order valence-electron chi connectivity index (χ4n) is 3.30. The highest BCUT2D eigenvalue weighted by atomic mass is 16.2. The van der Waals surface area contributed by atoms with Gasteiger partial charge in [0.15, 0.2) is 0 Å². The first-order chi connectivity index (χ1) is 8.59. The van der Waals surface area contributed by atoms with E-state index in [0.29, 0.717) is 11.9 Å². The van der Waals surface area contributed by atoms with Crippen LogP contribution in [0.3, 0.4) is 0 Å². The first kappa shape index (κ1) is 13.8. The molecule has 1 saturated carbocycles. The van der Waals surface area contributed by atoms with Crippen molar-refractivity contribution < 1.29 is 4.79 Å². The molecule has 0 radical (unpaired) electrons. The molecule has 0 bridgehead atoms. The first-order valence-corrected chi connectivity index (χ1v) is 7.30. The van der Waals surface area contributed by atoms with Gasteiger partial charge in [-0.05, 0) is 39.8 Å². The molecule has 2 aliphatic rings. The second-order valence-electron chi connectivity index (χ2n) is 6.07. The maximum atomic E-state index is 12.5. The summed E-state index contributed by atoms with van der Waals surface area (Å²) in [6, 6.07) is 0.729. The van der Waals surface area contributed by atoms with Crippen molar-refractivity contribution in [3.63, 3.8) is 0 Å². The molecule has 0 spiro atoms. The summed E-state index contributed by atoms with van der Waals surface area (Å²) in [6.07, 6.45) is 6.56. The lowest BCUT2D eigenvalue weighted by Crippen LogP contribution is -2.50. The van der Waals surface area contributed by atoms with Crippen molar-refractivity contribution >= 4 is 5.91 Å². The zero-order chi connectivity index (χ0) is 13.1. The summed E-state index contributed by atoms with van der Waals surface area (Å²) >= 11 is 0. The highest BCUT2D eigenvalue weighted by Gasteiger charge is 2.33. The summed E-state index contributed by atoms with van der Waals surface area (Å²) in [5.74, 6) is 0.411. The third-order valence-corrected chi connectivity index (χ3v) is 4.64. The molecule has 2 N–H and O–H groups in total. The van der Waals surface area contributed by atoms with Crippen LogP contribution in [0.1, 0.15) is 38.5 Å². The molecule has 2 fully saturated rings. The predicted molar refractivity (Wildman–Crippen MR) is 73.2 cm³/mol. The monoisotopic (exact) mass is 253 g/mol. The number of amides is 1. The first-order valence-electron chi connectivity index (χ1n) is 7.30. The summed E-state index contributed by atoms with van der Waals surface area (Å²) in [7, 11) is 4.25. The summed E-state index contributed by atoms with van der Waals surface area (Å²) < 4.78 is 0. The maximum Gasteiger partial charge on any atom is 0.227 e. The minimum absolute atomic E-state index is 0.0923. The van der Waals surface area contributed by atoms with Crippen molar-refractivity contribution in [1.29, 1.82) is 0 Å². The van der Waals surface area contributed by atoms with Crippen LogP contribution in [0.4, 0.5) is 0 Å². The van der Waals surface area contributed by atoms with Crippen molar-refractivity contribution in [2.75, 3.05) is 27.2 Å². The number of hydrogen-bond donors (Lipinski definition) is 1. The van der Waals surface area contributed by atoms with Crippen LogP contribution in [0, 0.1) is 5.92 Å². The number of hydrogen-bond acceptors (Lipinski definition) is 3. The summed E-state index contributed by atoms with van der Waals surface area (Å²) in [5.41, 5.74) is 6.11.